The van der Waals surface area contributed by atoms with Gasteiger partial charge in [0.1, 0.15) is 0 Å². The van der Waals surface area contributed by atoms with Gasteiger partial charge in [-0.2, -0.15) is 0 Å². The van der Waals surface area contributed by atoms with Crippen molar-refractivity contribution in [1.29, 1.82) is 0 Å². The minimum atomic E-state index is -0.437. The number of Topliss-reactive ketones (excluding diaryl/α,β-unsaturated/α-hetero) is 1. The number of ketones is 1. The molecule has 0 bridgehead atoms. The van der Waals surface area contributed by atoms with Gasteiger partial charge in [0.2, 0.25) is 0 Å². The molecular weight excluding hydrogens is 462 g/mol. The summed E-state index contributed by atoms with van der Waals surface area (Å²) in [6.07, 6.45) is 7.68. The van der Waals surface area contributed by atoms with Crippen LogP contribution in [-0.4, -0.2) is 38.6 Å². The van der Waals surface area contributed by atoms with Crippen LogP contribution < -0.4 is 5.56 Å². The number of H-pyrrole nitrogens is 1. The number of ether oxygens (including phenoxy) is 1. The van der Waals surface area contributed by atoms with Gasteiger partial charge in [0.05, 0.1) is 34.5 Å². The molecular formula is C27H31N3O4S. The number of esters is 1. The second kappa shape index (κ2) is 11.1. The summed E-state index contributed by atoms with van der Waals surface area (Å²) in [5, 5.41) is 1.11. The molecule has 2 heterocycles. The van der Waals surface area contributed by atoms with Gasteiger partial charge in [-0.05, 0) is 70.6 Å². The molecule has 0 atom stereocenters. The van der Waals surface area contributed by atoms with Gasteiger partial charge in [0.15, 0.2) is 10.9 Å². The molecule has 1 aliphatic carbocycles. The molecule has 1 aliphatic rings. The van der Waals surface area contributed by atoms with Crippen LogP contribution in [-0.2, 0) is 11.3 Å². The zero-order chi connectivity index (χ0) is 24.9. The first-order valence-corrected chi connectivity index (χ1v) is 13.1. The van der Waals surface area contributed by atoms with Gasteiger partial charge in [-0.3, -0.25) is 14.2 Å². The van der Waals surface area contributed by atoms with Gasteiger partial charge in [-0.15, -0.1) is 0 Å². The summed E-state index contributed by atoms with van der Waals surface area (Å²) in [4.78, 5) is 46.5. The van der Waals surface area contributed by atoms with Crippen LogP contribution in [0.5, 0.6) is 0 Å². The second-order valence-electron chi connectivity index (χ2n) is 8.78. The lowest BCUT2D eigenvalue weighted by molar-refractivity contribution is 0.0525. The van der Waals surface area contributed by atoms with Crippen LogP contribution in [0, 0.1) is 13.8 Å². The fourth-order valence-corrected chi connectivity index (χ4v) is 5.48. The van der Waals surface area contributed by atoms with E-state index in [0.29, 0.717) is 45.1 Å². The lowest BCUT2D eigenvalue weighted by atomic mass is 9.97. The normalized spacial score (nSPS) is 13.6. The van der Waals surface area contributed by atoms with Crippen molar-refractivity contribution in [3.05, 3.63) is 68.8 Å². The lowest BCUT2D eigenvalue weighted by Crippen LogP contribution is -2.24. The Bertz CT molecular complexity index is 1350. The van der Waals surface area contributed by atoms with E-state index in [1.807, 2.05) is 18.2 Å². The lowest BCUT2D eigenvalue weighted by Gasteiger charge is -2.16. The minimum absolute atomic E-state index is 0.0848. The largest absolute Gasteiger partial charge is 0.462 e. The van der Waals surface area contributed by atoms with Crippen LogP contribution in [0.25, 0.3) is 10.9 Å². The van der Waals surface area contributed by atoms with Crippen molar-refractivity contribution in [2.75, 3.05) is 12.4 Å². The maximum absolute atomic E-state index is 13.3. The number of rotatable bonds is 9. The van der Waals surface area contributed by atoms with Crippen molar-refractivity contribution in [3.63, 3.8) is 0 Å². The van der Waals surface area contributed by atoms with E-state index in [4.69, 9.17) is 9.72 Å². The number of nitrogens with zero attached hydrogens (tertiary/aromatic N) is 2. The number of thioether (sulfide) groups is 1. The Morgan fingerprint density at radius 2 is 2.00 bits per heavy atom. The number of aryl methyl sites for hydroxylation is 1. The number of aromatic nitrogens is 3. The molecule has 3 aromatic rings. The van der Waals surface area contributed by atoms with Crippen LogP contribution in [0.3, 0.4) is 0 Å². The molecule has 8 heteroatoms. The van der Waals surface area contributed by atoms with Crippen molar-refractivity contribution in [1.82, 2.24) is 14.5 Å². The maximum atomic E-state index is 13.3. The number of carbonyl (C=O) groups excluding carboxylic acids is 2. The monoisotopic (exact) mass is 493 g/mol. The van der Waals surface area contributed by atoms with Crippen molar-refractivity contribution in [2.24, 2.45) is 0 Å². The number of aromatic amines is 1. The van der Waals surface area contributed by atoms with E-state index in [0.717, 1.165) is 19.3 Å². The Kier molecular flexibility index (Phi) is 7.90. The van der Waals surface area contributed by atoms with Crippen molar-refractivity contribution < 1.29 is 14.3 Å². The highest BCUT2D eigenvalue weighted by atomic mass is 32.2. The van der Waals surface area contributed by atoms with E-state index in [-0.39, 0.29) is 23.7 Å². The van der Waals surface area contributed by atoms with Crippen LogP contribution in [0.4, 0.5) is 0 Å². The zero-order valence-corrected chi connectivity index (χ0v) is 21.3. The summed E-state index contributed by atoms with van der Waals surface area (Å²) in [6.45, 7) is 6.05. The van der Waals surface area contributed by atoms with Crippen LogP contribution in [0.2, 0.25) is 0 Å². The average Bonchev–Trinajstić information content (AvgIpc) is 3.16. The van der Waals surface area contributed by atoms with Crippen LogP contribution in [0.1, 0.15) is 71.1 Å². The summed E-state index contributed by atoms with van der Waals surface area (Å²) in [5.74, 6) is -0.501. The van der Waals surface area contributed by atoms with Crippen LogP contribution in [0.15, 0.2) is 45.9 Å². The maximum Gasteiger partial charge on any atom is 0.340 e. The molecule has 1 N–H and O–H groups in total. The van der Waals surface area contributed by atoms with E-state index < -0.39 is 5.97 Å². The van der Waals surface area contributed by atoms with E-state index in [1.54, 1.807) is 31.4 Å². The number of fused-ring (bicyclic) bond motifs is 1. The van der Waals surface area contributed by atoms with E-state index >= 15 is 0 Å². The molecule has 7 nitrogen and oxygen atoms in total. The first kappa shape index (κ1) is 25.0. The van der Waals surface area contributed by atoms with Crippen LogP contribution >= 0.6 is 11.8 Å². The molecule has 0 saturated heterocycles. The molecule has 35 heavy (non-hydrogen) atoms. The van der Waals surface area contributed by atoms with Crippen molar-refractivity contribution >= 4 is 34.4 Å². The number of benzene rings is 1. The Labute approximate surface area is 209 Å². The molecule has 0 fully saturated rings. The van der Waals surface area contributed by atoms with Gasteiger partial charge in [0, 0.05) is 12.2 Å². The summed E-state index contributed by atoms with van der Waals surface area (Å²) in [7, 11) is 0. The third kappa shape index (κ3) is 5.42. The summed E-state index contributed by atoms with van der Waals surface area (Å²) < 4.78 is 6.83. The predicted octanol–water partition coefficient (Wildman–Crippen LogP) is 5.38. The van der Waals surface area contributed by atoms with E-state index in [2.05, 4.69) is 11.1 Å². The number of nitrogens with one attached hydrogen (secondary N) is 1. The van der Waals surface area contributed by atoms with Gasteiger partial charge in [-0.25, -0.2) is 9.78 Å². The number of carbonyl (C=O) groups is 2. The Balaban J connectivity index is 1.59. The Morgan fingerprint density at radius 1 is 1.20 bits per heavy atom. The molecule has 184 valence electrons. The molecule has 0 saturated carbocycles. The second-order valence-corrected chi connectivity index (χ2v) is 9.73. The Morgan fingerprint density at radius 3 is 2.74 bits per heavy atom. The third-order valence-corrected chi connectivity index (χ3v) is 7.37. The molecule has 0 spiro atoms. The van der Waals surface area contributed by atoms with Gasteiger partial charge >= 0.3 is 5.97 Å². The van der Waals surface area contributed by atoms with Gasteiger partial charge < -0.3 is 9.72 Å². The highest BCUT2D eigenvalue weighted by Crippen LogP contribution is 2.25. The number of hydrogen-bond donors (Lipinski definition) is 1. The summed E-state index contributed by atoms with van der Waals surface area (Å²) in [5.41, 5.74) is 3.90. The van der Waals surface area contributed by atoms with Gasteiger partial charge in [-0.1, -0.05) is 35.5 Å². The summed E-state index contributed by atoms with van der Waals surface area (Å²) >= 11 is 1.25. The average molecular weight is 494 g/mol. The number of hydrogen-bond acceptors (Lipinski definition) is 6. The molecule has 4 rings (SSSR count). The smallest absolute Gasteiger partial charge is 0.340 e. The fraction of sp³-hybridized carbons (Fsp3) is 0.407. The number of allylic oxidation sites excluding steroid dienone is 2. The quantitative estimate of drug-likeness (QED) is 0.141. The molecule has 0 aliphatic heterocycles. The third-order valence-electron chi connectivity index (χ3n) is 6.40. The summed E-state index contributed by atoms with van der Waals surface area (Å²) in [6, 6.07) is 7.31. The first-order valence-electron chi connectivity index (χ1n) is 12.1. The van der Waals surface area contributed by atoms with Gasteiger partial charge in [0.25, 0.3) is 5.56 Å². The molecule has 0 amide bonds. The highest BCUT2D eigenvalue weighted by Gasteiger charge is 2.23. The first-order chi connectivity index (χ1) is 16.9. The topological polar surface area (TPSA) is 94.1 Å². The number of para-hydroxylation sites is 1. The molecule has 2 aromatic heterocycles. The Hall–Kier alpha value is -3.13. The highest BCUT2D eigenvalue weighted by molar-refractivity contribution is 7.99. The zero-order valence-electron chi connectivity index (χ0n) is 20.5. The van der Waals surface area contributed by atoms with Crippen molar-refractivity contribution in [3.8, 4) is 0 Å². The standard InChI is InChI=1S/C27H31N3O4S/c1-4-34-26(33)23-17(2)24(28-18(23)3)22(31)16-35-27-29-21-13-9-8-12-20(21)25(32)30(27)15-14-19-10-6-5-7-11-19/h8-10,12-13,28H,4-7,11,14-16H2,1-3H3. The molecule has 1 aromatic carbocycles. The fourth-order valence-electron chi connectivity index (χ4n) is 4.58. The van der Waals surface area contributed by atoms with E-state index in [1.165, 1.54) is 30.2 Å². The van der Waals surface area contributed by atoms with E-state index in [9.17, 15) is 14.4 Å². The van der Waals surface area contributed by atoms with Crippen molar-refractivity contribution in [2.45, 2.75) is 64.6 Å². The molecule has 0 unspecified atom stereocenters. The predicted molar refractivity (Wildman–Crippen MR) is 138 cm³/mol. The molecule has 0 radical (unpaired) electrons. The SMILES string of the molecule is CCOC(=O)c1c(C)[nH]c(C(=O)CSc2nc3ccccc3c(=O)n2CCC2=CCCCC2)c1C. The minimum Gasteiger partial charge on any atom is -0.462 e.